The van der Waals surface area contributed by atoms with Gasteiger partial charge in [0.2, 0.25) is 5.91 Å². The summed E-state index contributed by atoms with van der Waals surface area (Å²) in [7, 11) is 0. The van der Waals surface area contributed by atoms with Crippen molar-refractivity contribution in [2.24, 2.45) is 0 Å². The van der Waals surface area contributed by atoms with Crippen molar-refractivity contribution in [1.29, 1.82) is 0 Å². The number of benzene rings is 1. The lowest BCUT2D eigenvalue weighted by molar-refractivity contribution is -0.120. The minimum atomic E-state index is 0.00928. The highest BCUT2D eigenvalue weighted by Crippen LogP contribution is 2.36. The minimum absolute atomic E-state index is 0.00928. The van der Waals surface area contributed by atoms with Crippen LogP contribution in [0.25, 0.3) is 0 Å². The number of carbonyl (C=O) groups is 1. The molecule has 2 aromatic rings. The van der Waals surface area contributed by atoms with Gasteiger partial charge in [0.1, 0.15) is 0 Å². The maximum absolute atomic E-state index is 12.1. The number of nitrogens with one attached hydrogen (secondary N) is 1. The molecule has 1 amide bonds. The number of aromatic nitrogens is 2. The molecule has 1 aromatic carbocycles. The predicted octanol–water partition coefficient (Wildman–Crippen LogP) is 1.72. The van der Waals surface area contributed by atoms with Gasteiger partial charge >= 0.3 is 0 Å². The second-order valence-electron chi connectivity index (χ2n) is 4.48. The zero-order valence-corrected chi connectivity index (χ0v) is 11.3. The van der Waals surface area contributed by atoms with Gasteiger partial charge in [0.05, 0.1) is 11.8 Å². The van der Waals surface area contributed by atoms with Crippen molar-refractivity contribution >= 4 is 17.7 Å². The van der Waals surface area contributed by atoms with Crippen molar-refractivity contribution in [2.75, 3.05) is 6.54 Å². The topological polar surface area (TPSA) is 46.9 Å². The van der Waals surface area contributed by atoms with E-state index in [9.17, 15) is 4.79 Å². The van der Waals surface area contributed by atoms with E-state index >= 15 is 0 Å². The quantitative estimate of drug-likeness (QED) is 0.922. The summed E-state index contributed by atoms with van der Waals surface area (Å²) in [6.07, 6.45) is 4.46. The molecule has 1 aromatic heterocycles. The van der Waals surface area contributed by atoms with Gasteiger partial charge in [-0.05, 0) is 24.1 Å². The first-order valence-electron chi connectivity index (χ1n) is 6.32. The van der Waals surface area contributed by atoms with Crippen molar-refractivity contribution < 1.29 is 4.79 Å². The Balaban J connectivity index is 1.50. The van der Waals surface area contributed by atoms with E-state index in [-0.39, 0.29) is 11.2 Å². The molecule has 1 aliphatic heterocycles. The number of fused-ring (bicyclic) bond motifs is 1. The summed E-state index contributed by atoms with van der Waals surface area (Å²) in [5, 5.41) is 7.09. The Hall–Kier alpha value is -1.75. The summed E-state index contributed by atoms with van der Waals surface area (Å²) < 4.78 is 1.82. The summed E-state index contributed by atoms with van der Waals surface area (Å²) in [6.45, 7) is 1.33. The fourth-order valence-corrected chi connectivity index (χ4v) is 3.39. The molecule has 0 bridgehead atoms. The van der Waals surface area contributed by atoms with Gasteiger partial charge in [-0.15, -0.1) is 11.8 Å². The molecule has 19 heavy (non-hydrogen) atoms. The fraction of sp³-hybridized carbons (Fsp3) is 0.286. The minimum Gasteiger partial charge on any atom is -0.353 e. The first-order chi connectivity index (χ1) is 9.33. The van der Waals surface area contributed by atoms with Crippen LogP contribution in [0, 0.1) is 0 Å². The van der Waals surface area contributed by atoms with Gasteiger partial charge in [0.15, 0.2) is 0 Å². The van der Waals surface area contributed by atoms with Gasteiger partial charge in [0.25, 0.3) is 0 Å². The van der Waals surface area contributed by atoms with Crippen LogP contribution in [0.3, 0.4) is 0 Å². The maximum Gasteiger partial charge on any atom is 0.233 e. The van der Waals surface area contributed by atoms with Crippen LogP contribution >= 0.6 is 11.8 Å². The molecule has 1 N–H and O–H groups in total. The molecule has 0 aliphatic carbocycles. The smallest absolute Gasteiger partial charge is 0.233 e. The maximum atomic E-state index is 12.1. The van der Waals surface area contributed by atoms with Gasteiger partial charge in [-0.2, -0.15) is 5.10 Å². The van der Waals surface area contributed by atoms with Crippen LogP contribution in [-0.4, -0.2) is 27.5 Å². The summed E-state index contributed by atoms with van der Waals surface area (Å²) in [6, 6.07) is 10.1. The first kappa shape index (κ1) is 12.3. The first-order valence-corrected chi connectivity index (χ1v) is 7.20. The van der Waals surface area contributed by atoms with Crippen LogP contribution in [-0.2, 0) is 17.8 Å². The van der Waals surface area contributed by atoms with Crippen LogP contribution in [0.4, 0.5) is 0 Å². The lowest BCUT2D eigenvalue weighted by Crippen LogP contribution is -2.34. The van der Waals surface area contributed by atoms with E-state index in [0.717, 1.165) is 6.42 Å². The second-order valence-corrected chi connectivity index (χ2v) is 5.72. The zero-order valence-electron chi connectivity index (χ0n) is 10.5. The lowest BCUT2D eigenvalue weighted by Gasteiger charge is -2.09. The Bertz CT molecular complexity index is 543. The Morgan fingerprint density at radius 3 is 3.11 bits per heavy atom. The van der Waals surface area contributed by atoms with Gasteiger partial charge in [0, 0.05) is 23.8 Å². The van der Waals surface area contributed by atoms with Crippen molar-refractivity contribution in [3.05, 3.63) is 48.3 Å². The van der Waals surface area contributed by atoms with E-state index in [0.29, 0.717) is 13.1 Å². The second kappa shape index (κ2) is 5.48. The number of rotatable bonds is 4. The molecule has 0 spiro atoms. The van der Waals surface area contributed by atoms with Gasteiger partial charge in [-0.3, -0.25) is 9.48 Å². The molecular formula is C14H15N3OS. The van der Waals surface area contributed by atoms with Gasteiger partial charge in [-0.1, -0.05) is 18.2 Å². The molecule has 3 rings (SSSR count). The third-order valence-electron chi connectivity index (χ3n) is 3.14. The Morgan fingerprint density at radius 2 is 2.32 bits per heavy atom. The molecule has 0 radical (unpaired) electrons. The average molecular weight is 273 g/mol. The van der Waals surface area contributed by atoms with E-state index in [1.54, 1.807) is 18.0 Å². The fourth-order valence-electron chi connectivity index (χ4n) is 2.17. The van der Waals surface area contributed by atoms with Crippen LogP contribution in [0.15, 0.2) is 47.6 Å². The third kappa shape index (κ3) is 2.81. The molecule has 0 saturated heterocycles. The lowest BCUT2D eigenvalue weighted by atomic mass is 10.1. The molecule has 1 atom stereocenters. The molecule has 98 valence electrons. The summed E-state index contributed by atoms with van der Waals surface area (Å²) in [4.78, 5) is 13.3. The Morgan fingerprint density at radius 1 is 1.42 bits per heavy atom. The average Bonchev–Trinajstić information content (AvgIpc) is 3.07. The van der Waals surface area contributed by atoms with Gasteiger partial charge < -0.3 is 5.32 Å². The summed E-state index contributed by atoms with van der Waals surface area (Å²) >= 11 is 1.66. The number of thioether (sulfide) groups is 1. The molecule has 4 nitrogen and oxygen atoms in total. The highest BCUT2D eigenvalue weighted by Gasteiger charge is 2.27. The highest BCUT2D eigenvalue weighted by molar-refractivity contribution is 8.01. The molecule has 1 unspecified atom stereocenters. The molecule has 2 heterocycles. The van der Waals surface area contributed by atoms with E-state index in [2.05, 4.69) is 22.5 Å². The predicted molar refractivity (Wildman–Crippen MR) is 75.0 cm³/mol. The number of hydrogen-bond donors (Lipinski definition) is 1. The van der Waals surface area contributed by atoms with E-state index in [1.807, 2.05) is 29.1 Å². The SMILES string of the molecule is O=C(NCCn1cccn1)C1Cc2ccccc2S1. The van der Waals surface area contributed by atoms with Crippen LogP contribution < -0.4 is 5.32 Å². The number of nitrogens with zero attached hydrogens (tertiary/aromatic N) is 2. The van der Waals surface area contributed by atoms with Crippen molar-refractivity contribution in [2.45, 2.75) is 23.1 Å². The molecular weight excluding hydrogens is 258 g/mol. The van der Waals surface area contributed by atoms with E-state index < -0.39 is 0 Å². The van der Waals surface area contributed by atoms with Crippen molar-refractivity contribution in [3.8, 4) is 0 Å². The third-order valence-corrected chi connectivity index (χ3v) is 4.46. The largest absolute Gasteiger partial charge is 0.353 e. The van der Waals surface area contributed by atoms with E-state index in [4.69, 9.17) is 0 Å². The van der Waals surface area contributed by atoms with Gasteiger partial charge in [-0.25, -0.2) is 0 Å². The molecule has 1 aliphatic rings. The van der Waals surface area contributed by atoms with E-state index in [1.165, 1.54) is 10.5 Å². The van der Waals surface area contributed by atoms with Crippen LogP contribution in [0.2, 0.25) is 0 Å². The normalized spacial score (nSPS) is 17.2. The number of amides is 1. The Kier molecular flexibility index (Phi) is 3.55. The van der Waals surface area contributed by atoms with Crippen molar-refractivity contribution in [3.63, 3.8) is 0 Å². The Labute approximate surface area is 116 Å². The standard InChI is InChI=1S/C14H15N3OS/c18-14(15-7-9-17-8-3-6-16-17)13-10-11-4-1-2-5-12(11)19-13/h1-6,8,13H,7,9-10H2,(H,15,18). The number of carbonyl (C=O) groups excluding carboxylic acids is 1. The monoisotopic (exact) mass is 273 g/mol. The number of hydrogen-bond acceptors (Lipinski definition) is 3. The van der Waals surface area contributed by atoms with Crippen molar-refractivity contribution in [1.82, 2.24) is 15.1 Å². The molecule has 5 heteroatoms. The van der Waals surface area contributed by atoms with Crippen LogP contribution in [0.5, 0.6) is 0 Å². The molecule has 0 fully saturated rings. The van der Waals surface area contributed by atoms with Crippen LogP contribution in [0.1, 0.15) is 5.56 Å². The molecule has 0 saturated carbocycles. The highest BCUT2D eigenvalue weighted by atomic mass is 32.2. The zero-order chi connectivity index (χ0) is 13.1. The summed E-state index contributed by atoms with van der Waals surface area (Å²) in [5.74, 6) is 0.119. The summed E-state index contributed by atoms with van der Waals surface area (Å²) in [5.41, 5.74) is 1.28.